The Balaban J connectivity index is 1.30. The summed E-state index contributed by atoms with van der Waals surface area (Å²) >= 11 is 1.70. The number of aryl methyl sites for hydroxylation is 2. The normalized spacial score (nSPS) is 15.1. The van der Waals surface area contributed by atoms with Crippen molar-refractivity contribution in [2.75, 3.05) is 31.1 Å². The molecule has 0 spiro atoms. The summed E-state index contributed by atoms with van der Waals surface area (Å²) in [6.45, 7) is 9.12. The van der Waals surface area contributed by atoms with E-state index in [2.05, 4.69) is 41.9 Å². The number of carboxylic acids is 1. The minimum atomic E-state index is -0.988. The molecule has 3 aromatic rings. The van der Waals surface area contributed by atoms with Gasteiger partial charge in [0.1, 0.15) is 12.1 Å². The topological polar surface area (TPSA) is 108 Å². The third-order valence-corrected chi connectivity index (χ3v) is 7.90. The first-order valence-electron chi connectivity index (χ1n) is 13.3. The fourth-order valence-corrected chi connectivity index (χ4v) is 5.67. The molecule has 2 N–H and O–H groups in total. The lowest BCUT2D eigenvalue weighted by atomic mass is 10.0. The summed E-state index contributed by atoms with van der Waals surface area (Å²) < 4.78 is 5.32. The molecule has 0 saturated carbocycles. The van der Waals surface area contributed by atoms with E-state index in [1.54, 1.807) is 11.3 Å². The van der Waals surface area contributed by atoms with Gasteiger partial charge in [-0.15, -0.1) is 0 Å². The Labute approximate surface area is 233 Å². The van der Waals surface area contributed by atoms with E-state index in [0.717, 1.165) is 51.1 Å². The molecular formula is C29H37N5O4S. The molecule has 1 aliphatic heterocycles. The maximum Gasteiger partial charge on any atom is 0.341 e. The lowest BCUT2D eigenvalue weighted by Crippen LogP contribution is -2.46. The second kappa shape index (κ2) is 13.5. The van der Waals surface area contributed by atoms with Crippen LogP contribution in [0.25, 0.3) is 0 Å². The minimum absolute atomic E-state index is 0.0474. The van der Waals surface area contributed by atoms with E-state index < -0.39 is 5.97 Å². The molecular weight excluding hydrogens is 514 g/mol. The van der Waals surface area contributed by atoms with Crippen molar-refractivity contribution >= 4 is 28.9 Å². The molecule has 3 heterocycles. The number of aromatic nitrogens is 2. The monoisotopic (exact) mass is 551 g/mol. The summed E-state index contributed by atoms with van der Waals surface area (Å²) in [6, 6.07) is 10.3. The lowest BCUT2D eigenvalue weighted by molar-refractivity contribution is -0.139. The minimum Gasteiger partial charge on any atom is -0.482 e. The van der Waals surface area contributed by atoms with Crippen molar-refractivity contribution in [1.82, 2.24) is 20.2 Å². The Hall–Kier alpha value is -3.50. The summed E-state index contributed by atoms with van der Waals surface area (Å²) in [5.41, 5.74) is 4.35. The fourth-order valence-electron chi connectivity index (χ4n) is 5.01. The number of piperidine rings is 1. The molecule has 208 valence electrons. The quantitative estimate of drug-likeness (QED) is 0.343. The van der Waals surface area contributed by atoms with Gasteiger partial charge in [0.2, 0.25) is 0 Å². The van der Waals surface area contributed by atoms with E-state index in [-0.39, 0.29) is 18.6 Å². The Kier molecular flexibility index (Phi) is 9.89. The van der Waals surface area contributed by atoms with E-state index in [1.807, 2.05) is 45.0 Å². The maximum atomic E-state index is 12.8. The van der Waals surface area contributed by atoms with Crippen LogP contribution in [0.15, 0.2) is 47.4 Å². The zero-order valence-electron chi connectivity index (χ0n) is 22.8. The van der Waals surface area contributed by atoms with E-state index in [1.165, 1.54) is 11.9 Å². The molecule has 4 rings (SSSR count). The number of benzene rings is 1. The van der Waals surface area contributed by atoms with E-state index in [4.69, 9.17) is 9.84 Å². The van der Waals surface area contributed by atoms with Crippen LogP contribution in [0.3, 0.4) is 0 Å². The highest BCUT2D eigenvalue weighted by Gasteiger charge is 2.26. The largest absolute Gasteiger partial charge is 0.482 e. The van der Waals surface area contributed by atoms with Crippen molar-refractivity contribution in [3.05, 3.63) is 69.9 Å². The van der Waals surface area contributed by atoms with Crippen LogP contribution in [0.2, 0.25) is 0 Å². The number of hydrogen-bond donors (Lipinski definition) is 2. The Morgan fingerprint density at radius 3 is 2.46 bits per heavy atom. The number of ether oxygens (including phenoxy) is 1. The molecule has 0 bridgehead atoms. The Morgan fingerprint density at radius 2 is 1.85 bits per heavy atom. The third kappa shape index (κ3) is 8.00. The zero-order valence-corrected chi connectivity index (χ0v) is 23.6. The van der Waals surface area contributed by atoms with E-state index in [9.17, 15) is 9.59 Å². The molecule has 1 aliphatic rings. The SMILES string of the molecule is Cc1ncnc(C)c1C(=O)N[C@H](C)CCN1CCC(N(Cc2ccsc2)c2ccc(OCC(=O)O)cc2)CC1. The van der Waals surface area contributed by atoms with Crippen LogP contribution in [0.1, 0.15) is 53.5 Å². The molecule has 2 aromatic heterocycles. The Bertz CT molecular complexity index is 1210. The molecule has 39 heavy (non-hydrogen) atoms. The number of carbonyl (C=O) groups is 2. The van der Waals surface area contributed by atoms with Crippen LogP contribution < -0.4 is 15.0 Å². The summed E-state index contributed by atoms with van der Waals surface area (Å²) in [7, 11) is 0. The number of likely N-dealkylation sites (tertiary alicyclic amines) is 1. The first-order chi connectivity index (χ1) is 18.8. The summed E-state index contributed by atoms with van der Waals surface area (Å²) in [5, 5.41) is 16.3. The molecule has 0 unspecified atom stereocenters. The first-order valence-corrected chi connectivity index (χ1v) is 14.3. The van der Waals surface area contributed by atoms with Crippen molar-refractivity contribution in [2.45, 2.75) is 58.7 Å². The lowest BCUT2D eigenvalue weighted by Gasteiger charge is -2.40. The molecule has 1 amide bonds. The smallest absolute Gasteiger partial charge is 0.341 e. The number of carbonyl (C=O) groups excluding carboxylic acids is 1. The molecule has 9 nitrogen and oxygen atoms in total. The van der Waals surface area contributed by atoms with Gasteiger partial charge < -0.3 is 25.0 Å². The van der Waals surface area contributed by atoms with Crippen molar-refractivity contribution < 1.29 is 19.4 Å². The summed E-state index contributed by atoms with van der Waals surface area (Å²) in [4.78, 5) is 36.8. The predicted octanol–water partition coefficient (Wildman–Crippen LogP) is 4.30. The third-order valence-electron chi connectivity index (χ3n) is 7.17. The number of thiophene rings is 1. The number of nitrogens with zero attached hydrogens (tertiary/aromatic N) is 4. The van der Waals surface area contributed by atoms with Crippen molar-refractivity contribution in [2.24, 2.45) is 0 Å². The number of carboxylic acid groups (broad SMARTS) is 1. The number of rotatable bonds is 12. The fraction of sp³-hybridized carbons (Fsp3) is 0.448. The van der Waals surface area contributed by atoms with Gasteiger partial charge in [-0.05, 0) is 86.7 Å². The number of anilines is 1. The van der Waals surface area contributed by atoms with Crippen LogP contribution in [-0.4, -0.2) is 70.2 Å². The molecule has 10 heteroatoms. The van der Waals surface area contributed by atoms with Gasteiger partial charge in [-0.1, -0.05) is 0 Å². The summed E-state index contributed by atoms with van der Waals surface area (Å²) in [6.07, 6.45) is 4.45. The molecule has 0 radical (unpaired) electrons. The van der Waals surface area contributed by atoms with Crippen molar-refractivity contribution in [1.29, 1.82) is 0 Å². The predicted molar refractivity (Wildman–Crippen MR) is 153 cm³/mol. The highest BCUT2D eigenvalue weighted by atomic mass is 32.1. The highest BCUT2D eigenvalue weighted by molar-refractivity contribution is 7.07. The average molecular weight is 552 g/mol. The first kappa shape index (κ1) is 28.5. The van der Waals surface area contributed by atoms with E-state index in [0.29, 0.717) is 28.7 Å². The molecule has 1 aromatic carbocycles. The molecule has 0 aliphatic carbocycles. The number of amides is 1. The van der Waals surface area contributed by atoms with Gasteiger partial charge in [0, 0.05) is 44.0 Å². The standard InChI is InChI=1S/C29H37N5O4S/c1-20(32-29(37)28-21(2)30-19-31-22(28)3)8-12-33-13-9-25(10-14-33)34(16-23-11-15-39-18-23)24-4-6-26(7-5-24)38-17-27(35)36/h4-7,11,15,18-20,25H,8-10,12-14,16-17H2,1-3H3,(H,32,37)(H,35,36)/t20-/m1/s1. The van der Waals surface area contributed by atoms with Crippen LogP contribution in [-0.2, 0) is 11.3 Å². The molecule has 1 fully saturated rings. The van der Waals surface area contributed by atoms with Gasteiger partial charge >= 0.3 is 5.97 Å². The van der Waals surface area contributed by atoms with Crippen LogP contribution >= 0.6 is 11.3 Å². The van der Waals surface area contributed by atoms with E-state index >= 15 is 0 Å². The summed E-state index contributed by atoms with van der Waals surface area (Å²) in [5.74, 6) is -0.546. The van der Waals surface area contributed by atoms with Gasteiger partial charge in [0.15, 0.2) is 6.61 Å². The van der Waals surface area contributed by atoms with Gasteiger partial charge in [0.25, 0.3) is 5.91 Å². The second-order valence-corrected chi connectivity index (χ2v) is 10.9. The Morgan fingerprint density at radius 1 is 1.15 bits per heavy atom. The average Bonchev–Trinajstić information content (AvgIpc) is 3.43. The molecule has 1 saturated heterocycles. The van der Waals surface area contributed by atoms with Crippen molar-refractivity contribution in [3.63, 3.8) is 0 Å². The van der Waals surface area contributed by atoms with Gasteiger partial charge in [-0.2, -0.15) is 11.3 Å². The van der Waals surface area contributed by atoms with Gasteiger partial charge in [0.05, 0.1) is 17.0 Å². The number of aliphatic carboxylic acids is 1. The van der Waals surface area contributed by atoms with Crippen molar-refractivity contribution in [3.8, 4) is 5.75 Å². The zero-order chi connectivity index (χ0) is 27.8. The van der Waals surface area contributed by atoms with Gasteiger partial charge in [-0.3, -0.25) is 4.79 Å². The van der Waals surface area contributed by atoms with Crippen LogP contribution in [0.5, 0.6) is 5.75 Å². The number of hydrogen-bond acceptors (Lipinski definition) is 8. The highest BCUT2D eigenvalue weighted by Crippen LogP contribution is 2.28. The maximum absolute atomic E-state index is 12.8. The molecule has 1 atom stereocenters. The second-order valence-electron chi connectivity index (χ2n) is 10.1. The number of nitrogens with one attached hydrogen (secondary N) is 1. The van der Waals surface area contributed by atoms with Gasteiger partial charge in [-0.25, -0.2) is 14.8 Å². The van der Waals surface area contributed by atoms with Crippen LogP contribution in [0, 0.1) is 13.8 Å². The van der Waals surface area contributed by atoms with Crippen LogP contribution in [0.4, 0.5) is 5.69 Å².